The van der Waals surface area contributed by atoms with E-state index in [0.29, 0.717) is 18.2 Å². The highest BCUT2D eigenvalue weighted by Crippen LogP contribution is 2.14. The molecular weight excluding hydrogens is 415 g/mol. The molecule has 0 amide bonds. The molecule has 0 saturated heterocycles. The van der Waals surface area contributed by atoms with Gasteiger partial charge in [0.15, 0.2) is 5.96 Å². The van der Waals surface area contributed by atoms with Crippen molar-refractivity contribution in [3.8, 4) is 5.75 Å². The number of benzene rings is 1. The van der Waals surface area contributed by atoms with E-state index in [1.807, 2.05) is 13.0 Å². The standard InChI is InChI=1S/C16H25F2N3O.HI/c1-4-19-16(20-9-12(2)3)21-10-13-6-5-7-14(8-13)22-11-15(17)18;/h5-8,12,15H,4,9-11H2,1-3H3,(H2,19,20,21);1H. The van der Waals surface area contributed by atoms with Crippen LogP contribution in [0.25, 0.3) is 0 Å². The van der Waals surface area contributed by atoms with Crippen LogP contribution < -0.4 is 15.4 Å². The van der Waals surface area contributed by atoms with Gasteiger partial charge in [-0.1, -0.05) is 26.0 Å². The summed E-state index contributed by atoms with van der Waals surface area (Å²) in [5.74, 6) is 1.71. The maximum absolute atomic E-state index is 12.1. The second kappa shape index (κ2) is 12.3. The van der Waals surface area contributed by atoms with Gasteiger partial charge in [-0.05, 0) is 30.5 Å². The molecule has 0 unspecified atom stereocenters. The van der Waals surface area contributed by atoms with Gasteiger partial charge in [0.05, 0.1) is 6.54 Å². The first kappa shape index (κ1) is 21.9. The van der Waals surface area contributed by atoms with Crippen molar-refractivity contribution in [2.75, 3.05) is 19.7 Å². The molecule has 2 N–H and O–H groups in total. The van der Waals surface area contributed by atoms with Crippen molar-refractivity contribution in [3.63, 3.8) is 0 Å². The maximum atomic E-state index is 12.1. The summed E-state index contributed by atoms with van der Waals surface area (Å²) in [5, 5.41) is 6.42. The first-order valence-electron chi connectivity index (χ1n) is 7.53. The lowest BCUT2D eigenvalue weighted by molar-refractivity contribution is 0.0818. The van der Waals surface area contributed by atoms with Crippen LogP contribution in [-0.2, 0) is 6.54 Å². The van der Waals surface area contributed by atoms with Crippen LogP contribution in [0.5, 0.6) is 5.75 Å². The summed E-state index contributed by atoms with van der Waals surface area (Å²) in [6.07, 6.45) is -2.47. The first-order valence-corrected chi connectivity index (χ1v) is 7.53. The van der Waals surface area contributed by atoms with Crippen LogP contribution in [0.1, 0.15) is 26.3 Å². The Morgan fingerprint density at radius 1 is 1.26 bits per heavy atom. The van der Waals surface area contributed by atoms with E-state index in [1.54, 1.807) is 18.2 Å². The average molecular weight is 441 g/mol. The van der Waals surface area contributed by atoms with Gasteiger partial charge >= 0.3 is 0 Å². The second-order valence-electron chi connectivity index (χ2n) is 5.32. The van der Waals surface area contributed by atoms with Crippen LogP contribution in [0.3, 0.4) is 0 Å². The Morgan fingerprint density at radius 3 is 2.61 bits per heavy atom. The molecule has 0 aromatic heterocycles. The number of ether oxygens (including phenoxy) is 1. The van der Waals surface area contributed by atoms with Gasteiger partial charge in [0.1, 0.15) is 12.4 Å². The molecule has 1 rings (SSSR count). The quantitative estimate of drug-likeness (QED) is 0.368. The van der Waals surface area contributed by atoms with E-state index in [4.69, 9.17) is 4.74 Å². The van der Waals surface area contributed by atoms with E-state index in [0.717, 1.165) is 24.6 Å². The molecule has 0 bridgehead atoms. The normalized spacial score (nSPS) is 11.3. The molecule has 23 heavy (non-hydrogen) atoms. The highest BCUT2D eigenvalue weighted by atomic mass is 127. The molecule has 4 nitrogen and oxygen atoms in total. The van der Waals surface area contributed by atoms with Crippen molar-refractivity contribution < 1.29 is 13.5 Å². The van der Waals surface area contributed by atoms with E-state index in [9.17, 15) is 8.78 Å². The number of rotatable bonds is 8. The van der Waals surface area contributed by atoms with Crippen LogP contribution in [0.2, 0.25) is 0 Å². The fourth-order valence-electron chi connectivity index (χ4n) is 1.71. The zero-order valence-electron chi connectivity index (χ0n) is 13.8. The summed E-state index contributed by atoms with van der Waals surface area (Å²) in [6.45, 7) is 7.74. The van der Waals surface area contributed by atoms with Crippen molar-refractivity contribution in [2.45, 2.75) is 33.7 Å². The topological polar surface area (TPSA) is 45.7 Å². The first-order chi connectivity index (χ1) is 10.5. The van der Waals surface area contributed by atoms with Crippen molar-refractivity contribution in [1.29, 1.82) is 0 Å². The summed E-state index contributed by atoms with van der Waals surface area (Å²) in [7, 11) is 0. The second-order valence-corrected chi connectivity index (χ2v) is 5.32. The van der Waals surface area contributed by atoms with E-state index < -0.39 is 13.0 Å². The van der Waals surface area contributed by atoms with Gasteiger partial charge in [-0.3, -0.25) is 0 Å². The Balaban J connectivity index is 0.00000484. The molecule has 0 radical (unpaired) electrons. The molecular formula is C16H26F2IN3O. The molecule has 0 aliphatic heterocycles. The maximum Gasteiger partial charge on any atom is 0.272 e. The van der Waals surface area contributed by atoms with Gasteiger partial charge in [0, 0.05) is 13.1 Å². The molecule has 0 spiro atoms. The Labute approximate surface area is 154 Å². The predicted molar refractivity (Wildman–Crippen MR) is 101 cm³/mol. The van der Waals surface area contributed by atoms with Crippen LogP contribution in [-0.4, -0.2) is 32.1 Å². The highest BCUT2D eigenvalue weighted by molar-refractivity contribution is 14.0. The van der Waals surface area contributed by atoms with E-state index in [1.165, 1.54) is 0 Å². The van der Waals surface area contributed by atoms with Gasteiger partial charge in [-0.25, -0.2) is 13.8 Å². The van der Waals surface area contributed by atoms with E-state index in [-0.39, 0.29) is 24.0 Å². The Bertz CT molecular complexity index is 470. The minimum absolute atomic E-state index is 0. The monoisotopic (exact) mass is 441 g/mol. The zero-order valence-corrected chi connectivity index (χ0v) is 16.1. The Kier molecular flexibility index (Phi) is 11.7. The van der Waals surface area contributed by atoms with Crippen LogP contribution in [0.15, 0.2) is 29.3 Å². The van der Waals surface area contributed by atoms with Crippen LogP contribution in [0.4, 0.5) is 8.78 Å². The van der Waals surface area contributed by atoms with Crippen molar-refractivity contribution in [1.82, 2.24) is 10.6 Å². The third-order valence-corrected chi connectivity index (χ3v) is 2.72. The molecule has 1 aromatic rings. The van der Waals surface area contributed by atoms with Crippen molar-refractivity contribution >= 4 is 29.9 Å². The third kappa shape index (κ3) is 10.3. The predicted octanol–water partition coefficient (Wildman–Crippen LogP) is 3.66. The van der Waals surface area contributed by atoms with Gasteiger partial charge in [0.25, 0.3) is 6.43 Å². The smallest absolute Gasteiger partial charge is 0.272 e. The average Bonchev–Trinajstić information content (AvgIpc) is 2.48. The Hall–Kier alpha value is -1.12. The van der Waals surface area contributed by atoms with Crippen LogP contribution in [0, 0.1) is 5.92 Å². The number of hydrogen-bond acceptors (Lipinski definition) is 2. The number of nitrogens with zero attached hydrogens (tertiary/aromatic N) is 1. The molecule has 0 fully saturated rings. The van der Waals surface area contributed by atoms with Gasteiger partial charge in [-0.2, -0.15) is 0 Å². The summed E-state index contributed by atoms with van der Waals surface area (Å²) in [6, 6.07) is 7.07. The highest BCUT2D eigenvalue weighted by Gasteiger charge is 2.04. The lowest BCUT2D eigenvalue weighted by atomic mass is 10.2. The SMILES string of the molecule is CCNC(=NCc1cccc(OCC(F)F)c1)NCC(C)C.I. The minimum atomic E-state index is -2.47. The Morgan fingerprint density at radius 2 is 2.00 bits per heavy atom. The lowest BCUT2D eigenvalue weighted by Crippen LogP contribution is -2.39. The number of hydrogen-bond donors (Lipinski definition) is 2. The van der Waals surface area contributed by atoms with Gasteiger partial charge in [-0.15, -0.1) is 24.0 Å². The molecule has 0 aliphatic carbocycles. The lowest BCUT2D eigenvalue weighted by Gasteiger charge is -2.13. The fourth-order valence-corrected chi connectivity index (χ4v) is 1.71. The summed E-state index contributed by atoms with van der Waals surface area (Å²) in [5.41, 5.74) is 0.911. The minimum Gasteiger partial charge on any atom is -0.488 e. The molecule has 1 aromatic carbocycles. The molecule has 132 valence electrons. The summed E-state index contributed by atoms with van der Waals surface area (Å²) < 4.78 is 29.3. The zero-order chi connectivity index (χ0) is 16.4. The van der Waals surface area contributed by atoms with E-state index in [2.05, 4.69) is 29.5 Å². The number of alkyl halides is 2. The van der Waals surface area contributed by atoms with Gasteiger partial charge < -0.3 is 15.4 Å². The van der Waals surface area contributed by atoms with Crippen molar-refractivity contribution in [2.24, 2.45) is 10.9 Å². The number of nitrogens with one attached hydrogen (secondary N) is 2. The van der Waals surface area contributed by atoms with Gasteiger partial charge in [0.2, 0.25) is 0 Å². The molecule has 0 saturated carbocycles. The third-order valence-electron chi connectivity index (χ3n) is 2.72. The molecule has 7 heteroatoms. The number of guanidine groups is 1. The summed E-state index contributed by atoms with van der Waals surface area (Å²) >= 11 is 0. The van der Waals surface area contributed by atoms with E-state index >= 15 is 0 Å². The largest absolute Gasteiger partial charge is 0.488 e. The van der Waals surface area contributed by atoms with Crippen LogP contribution >= 0.6 is 24.0 Å². The molecule has 0 aliphatic rings. The molecule has 0 atom stereocenters. The molecule has 0 heterocycles. The number of halogens is 3. The number of aliphatic imine (C=N–C) groups is 1. The van der Waals surface area contributed by atoms with Crippen molar-refractivity contribution in [3.05, 3.63) is 29.8 Å². The fraction of sp³-hybridized carbons (Fsp3) is 0.562. The summed E-state index contributed by atoms with van der Waals surface area (Å²) in [4.78, 5) is 4.48.